The highest BCUT2D eigenvalue weighted by atomic mass is 32.3. The summed E-state index contributed by atoms with van der Waals surface area (Å²) in [5.41, 5.74) is 0. The minimum atomic E-state index is -4.87. The number of amides is 1. The third kappa shape index (κ3) is 5.89. The van der Waals surface area contributed by atoms with Crippen LogP contribution in [0.15, 0.2) is 0 Å². The number of hydrogen-bond acceptors (Lipinski definition) is 9. The maximum atomic E-state index is 11.4. The number of aliphatic hydroxyl groups is 4. The summed E-state index contributed by atoms with van der Waals surface area (Å²) in [6.07, 6.45) is -4.02. The number of hydrogen-bond donors (Lipinski definition) is 6. The number of nitrogens with one attached hydrogen (secondary N) is 1. The molecule has 24 heavy (non-hydrogen) atoms. The second-order valence-corrected chi connectivity index (χ2v) is 6.58. The van der Waals surface area contributed by atoms with Crippen molar-refractivity contribution in [1.29, 1.82) is 0 Å². The molecule has 0 aromatic carbocycles. The minimum Gasteiger partial charge on any atom is -0.395 e. The smallest absolute Gasteiger partial charge is 0.395 e. The van der Waals surface area contributed by atoms with E-state index in [4.69, 9.17) is 9.66 Å². The van der Waals surface area contributed by atoms with Crippen molar-refractivity contribution in [3.8, 4) is 0 Å². The van der Waals surface area contributed by atoms with Crippen LogP contribution in [0.5, 0.6) is 0 Å². The molecule has 1 amide bonds. The summed E-state index contributed by atoms with van der Waals surface area (Å²) >= 11 is 0. The third-order valence-electron chi connectivity index (χ3n) is 3.84. The third-order valence-corrected chi connectivity index (χ3v) is 4.33. The number of aliphatic hydroxyl groups excluding tert-OH is 4. The standard InChI is InChI=1S/C12H24N2O9S/c1-2-11(18)13-7-3-14(8(5-15)12(7)19)4-9(17)10(6-16)23-24(20,21)22/h7-10,12,15-17,19H,2-6H2,1H3,(H,13,18)(H,20,21,22)/t7-,8-,9-,10+,12+/m1/s1. The second-order valence-electron chi connectivity index (χ2n) is 5.53. The Balaban J connectivity index is 2.75. The first kappa shape index (κ1) is 21.2. The van der Waals surface area contributed by atoms with Crippen LogP contribution in [0.2, 0.25) is 0 Å². The maximum absolute atomic E-state index is 11.4. The van der Waals surface area contributed by atoms with Crippen molar-refractivity contribution >= 4 is 16.3 Å². The molecule has 1 aliphatic rings. The zero-order valence-corrected chi connectivity index (χ0v) is 14.0. The first-order valence-electron chi connectivity index (χ1n) is 7.39. The lowest BCUT2D eigenvalue weighted by Gasteiger charge is -2.28. The molecule has 1 rings (SSSR count). The van der Waals surface area contributed by atoms with Crippen molar-refractivity contribution in [1.82, 2.24) is 10.2 Å². The van der Waals surface area contributed by atoms with Crippen molar-refractivity contribution in [3.63, 3.8) is 0 Å². The highest BCUT2D eigenvalue weighted by Gasteiger charge is 2.42. The molecule has 1 saturated heterocycles. The van der Waals surface area contributed by atoms with E-state index in [9.17, 15) is 28.5 Å². The van der Waals surface area contributed by atoms with Crippen molar-refractivity contribution in [3.05, 3.63) is 0 Å². The molecular formula is C12H24N2O9S. The summed E-state index contributed by atoms with van der Waals surface area (Å²) in [6, 6.07) is -1.47. The van der Waals surface area contributed by atoms with E-state index in [0.717, 1.165) is 0 Å². The normalized spacial score (nSPS) is 27.8. The molecule has 142 valence electrons. The molecule has 0 spiro atoms. The monoisotopic (exact) mass is 372 g/mol. The Labute approximate surface area is 139 Å². The minimum absolute atomic E-state index is 0.0964. The highest BCUT2D eigenvalue weighted by molar-refractivity contribution is 7.80. The van der Waals surface area contributed by atoms with Gasteiger partial charge in [-0.05, 0) is 0 Å². The zero-order chi connectivity index (χ0) is 18.5. The summed E-state index contributed by atoms with van der Waals surface area (Å²) in [6.45, 7) is 0.132. The van der Waals surface area contributed by atoms with Gasteiger partial charge in [-0.25, -0.2) is 4.18 Å². The van der Waals surface area contributed by atoms with Crippen LogP contribution in [-0.4, -0.2) is 101 Å². The molecule has 5 atom stereocenters. The summed E-state index contributed by atoms with van der Waals surface area (Å²) < 4.78 is 34.2. The predicted molar refractivity (Wildman–Crippen MR) is 80.2 cm³/mol. The van der Waals surface area contributed by atoms with Gasteiger partial charge in [-0.15, -0.1) is 0 Å². The molecule has 1 aliphatic heterocycles. The Morgan fingerprint density at radius 3 is 2.50 bits per heavy atom. The number of likely N-dealkylation sites (tertiary alicyclic amines) is 1. The van der Waals surface area contributed by atoms with E-state index in [1.807, 2.05) is 0 Å². The molecule has 1 fully saturated rings. The van der Waals surface area contributed by atoms with Gasteiger partial charge < -0.3 is 25.7 Å². The van der Waals surface area contributed by atoms with Crippen LogP contribution < -0.4 is 5.32 Å². The number of nitrogens with zero attached hydrogens (tertiary/aromatic N) is 1. The van der Waals surface area contributed by atoms with Crippen LogP contribution in [0.4, 0.5) is 0 Å². The van der Waals surface area contributed by atoms with Gasteiger partial charge in [0.2, 0.25) is 5.91 Å². The predicted octanol–water partition coefficient (Wildman–Crippen LogP) is -3.54. The van der Waals surface area contributed by atoms with Gasteiger partial charge in [0.25, 0.3) is 0 Å². The number of carbonyl (C=O) groups is 1. The quantitative estimate of drug-likeness (QED) is 0.222. The van der Waals surface area contributed by atoms with Gasteiger partial charge in [-0.3, -0.25) is 14.2 Å². The number of β-amino-alcohol motifs (C(OH)–C–C–N with tert-alkyl or cyclic N) is 1. The van der Waals surface area contributed by atoms with Gasteiger partial charge >= 0.3 is 10.4 Å². The summed E-state index contributed by atoms with van der Waals surface area (Å²) in [5.74, 6) is -0.291. The van der Waals surface area contributed by atoms with E-state index in [0.29, 0.717) is 0 Å². The second kappa shape index (κ2) is 9.01. The van der Waals surface area contributed by atoms with Crippen molar-refractivity contribution < 1.29 is 42.4 Å². The maximum Gasteiger partial charge on any atom is 0.397 e. The SMILES string of the molecule is CCC(=O)N[C@@H]1CN(C[C@@H](O)[C@H](CO)OS(=O)(=O)O)[C@H](CO)[C@H]1O. The molecule has 0 aromatic heterocycles. The average Bonchev–Trinajstić information content (AvgIpc) is 2.78. The van der Waals surface area contributed by atoms with E-state index in [2.05, 4.69) is 9.50 Å². The first-order chi connectivity index (χ1) is 11.1. The Morgan fingerprint density at radius 2 is 2.04 bits per heavy atom. The van der Waals surface area contributed by atoms with Crippen LogP contribution >= 0.6 is 0 Å². The van der Waals surface area contributed by atoms with Crippen molar-refractivity contribution in [2.75, 3.05) is 26.3 Å². The molecule has 0 unspecified atom stereocenters. The van der Waals surface area contributed by atoms with Gasteiger partial charge in [0.05, 0.1) is 37.5 Å². The highest BCUT2D eigenvalue weighted by Crippen LogP contribution is 2.20. The molecule has 0 saturated carbocycles. The molecule has 6 N–H and O–H groups in total. The van der Waals surface area contributed by atoms with Crippen LogP contribution in [0.1, 0.15) is 13.3 Å². The van der Waals surface area contributed by atoms with Gasteiger partial charge in [0, 0.05) is 19.5 Å². The lowest BCUT2D eigenvalue weighted by Crippen LogP contribution is -2.47. The van der Waals surface area contributed by atoms with Crippen LogP contribution in [0, 0.1) is 0 Å². The molecule has 0 bridgehead atoms. The van der Waals surface area contributed by atoms with E-state index in [-0.39, 0.29) is 25.4 Å². The van der Waals surface area contributed by atoms with Crippen LogP contribution in [0.3, 0.4) is 0 Å². The molecule has 12 heteroatoms. The molecule has 0 aromatic rings. The van der Waals surface area contributed by atoms with Crippen molar-refractivity contribution in [2.24, 2.45) is 0 Å². The van der Waals surface area contributed by atoms with E-state index in [1.54, 1.807) is 6.92 Å². The molecule has 0 radical (unpaired) electrons. The van der Waals surface area contributed by atoms with Crippen LogP contribution in [0.25, 0.3) is 0 Å². The Kier molecular flexibility index (Phi) is 7.95. The van der Waals surface area contributed by atoms with E-state index >= 15 is 0 Å². The number of rotatable bonds is 9. The Morgan fingerprint density at radius 1 is 1.42 bits per heavy atom. The fourth-order valence-corrected chi connectivity index (χ4v) is 3.09. The van der Waals surface area contributed by atoms with Crippen molar-refractivity contribution in [2.45, 2.75) is 43.7 Å². The summed E-state index contributed by atoms with van der Waals surface area (Å²) in [4.78, 5) is 12.9. The van der Waals surface area contributed by atoms with E-state index < -0.39 is 54.0 Å². The topological polar surface area (TPSA) is 177 Å². The number of carbonyl (C=O) groups excluding carboxylic acids is 1. The Hall–Kier alpha value is -0.860. The lowest BCUT2D eigenvalue weighted by atomic mass is 10.1. The Bertz CT molecular complexity index is 515. The average molecular weight is 372 g/mol. The molecule has 1 heterocycles. The summed E-state index contributed by atoms with van der Waals surface area (Å²) in [5, 5.41) is 41.2. The van der Waals surface area contributed by atoms with Gasteiger partial charge in [0.1, 0.15) is 6.10 Å². The fraction of sp³-hybridized carbons (Fsp3) is 0.917. The lowest BCUT2D eigenvalue weighted by molar-refractivity contribution is -0.122. The van der Waals surface area contributed by atoms with E-state index in [1.165, 1.54) is 4.90 Å². The van der Waals surface area contributed by atoms with Crippen LogP contribution in [-0.2, 0) is 19.4 Å². The van der Waals surface area contributed by atoms with Gasteiger partial charge in [0.15, 0.2) is 0 Å². The largest absolute Gasteiger partial charge is 0.397 e. The fourth-order valence-electron chi connectivity index (χ4n) is 2.58. The molecule has 0 aliphatic carbocycles. The van der Waals surface area contributed by atoms with Gasteiger partial charge in [-0.2, -0.15) is 8.42 Å². The molecule has 11 nitrogen and oxygen atoms in total. The zero-order valence-electron chi connectivity index (χ0n) is 13.1. The van der Waals surface area contributed by atoms with Gasteiger partial charge in [-0.1, -0.05) is 6.92 Å². The first-order valence-corrected chi connectivity index (χ1v) is 8.76. The molecular weight excluding hydrogens is 348 g/mol. The summed E-state index contributed by atoms with van der Waals surface area (Å²) in [7, 11) is -4.87.